The van der Waals surface area contributed by atoms with Gasteiger partial charge in [-0.1, -0.05) is 20.8 Å². The largest absolute Gasteiger partial charge is 0.439 e. The van der Waals surface area contributed by atoms with Gasteiger partial charge in [-0.25, -0.2) is 9.69 Å². The summed E-state index contributed by atoms with van der Waals surface area (Å²) in [5, 5.41) is 0. The lowest BCUT2D eigenvalue weighted by Gasteiger charge is -2.41. The second kappa shape index (κ2) is 4.83. The van der Waals surface area contributed by atoms with Crippen LogP contribution in [0.3, 0.4) is 0 Å². The van der Waals surface area contributed by atoms with Crippen molar-refractivity contribution in [1.29, 1.82) is 0 Å². The number of carbonyl (C=O) groups excluding carboxylic acids is 3. The first-order chi connectivity index (χ1) is 8.76. The molecule has 0 aromatic carbocycles. The fourth-order valence-corrected chi connectivity index (χ4v) is 2.27. The molecule has 2 heterocycles. The van der Waals surface area contributed by atoms with Crippen molar-refractivity contribution in [2.75, 3.05) is 26.2 Å². The first-order valence-corrected chi connectivity index (χ1v) is 6.51. The van der Waals surface area contributed by atoms with Gasteiger partial charge in [0.15, 0.2) is 6.61 Å². The summed E-state index contributed by atoms with van der Waals surface area (Å²) in [4.78, 5) is 37.4. The molecule has 19 heavy (non-hydrogen) atoms. The van der Waals surface area contributed by atoms with E-state index in [0.717, 1.165) is 4.90 Å². The lowest BCUT2D eigenvalue weighted by Crippen LogP contribution is -2.54. The van der Waals surface area contributed by atoms with E-state index in [0.29, 0.717) is 26.1 Å². The van der Waals surface area contributed by atoms with Gasteiger partial charge in [-0.2, -0.15) is 0 Å². The number of hydrogen-bond donors (Lipinski definition) is 0. The molecule has 2 rings (SSSR count). The topological polar surface area (TPSA) is 66.9 Å². The minimum Gasteiger partial charge on any atom is -0.439 e. The van der Waals surface area contributed by atoms with Crippen LogP contribution >= 0.6 is 0 Å². The summed E-state index contributed by atoms with van der Waals surface area (Å²) in [7, 11) is 0. The van der Waals surface area contributed by atoms with Gasteiger partial charge in [0, 0.05) is 32.0 Å². The lowest BCUT2D eigenvalue weighted by atomic mass is 9.89. The highest BCUT2D eigenvalue weighted by Gasteiger charge is 2.38. The predicted molar refractivity (Wildman–Crippen MR) is 67.2 cm³/mol. The standard InChI is InChI=1S/C13H20N2O4/c1-13(2,3)4-10(16)14-5-9(6-14)7-15-11(17)8-19-12(15)18/h9H,4-8H2,1-3H3. The summed E-state index contributed by atoms with van der Waals surface area (Å²) in [6.45, 7) is 7.52. The van der Waals surface area contributed by atoms with Gasteiger partial charge >= 0.3 is 6.09 Å². The summed E-state index contributed by atoms with van der Waals surface area (Å²) in [5.74, 6) is 0.0297. The zero-order chi connectivity index (χ0) is 14.2. The Kier molecular flexibility index (Phi) is 3.52. The van der Waals surface area contributed by atoms with Gasteiger partial charge in [-0.15, -0.1) is 0 Å². The Labute approximate surface area is 112 Å². The van der Waals surface area contributed by atoms with Gasteiger partial charge < -0.3 is 9.64 Å². The average Bonchev–Trinajstić information content (AvgIpc) is 2.50. The van der Waals surface area contributed by atoms with Crippen LogP contribution in [-0.4, -0.2) is 53.9 Å². The monoisotopic (exact) mass is 268 g/mol. The number of carbonyl (C=O) groups is 3. The molecular weight excluding hydrogens is 248 g/mol. The molecule has 2 aliphatic heterocycles. The van der Waals surface area contributed by atoms with Crippen LogP contribution in [0.4, 0.5) is 4.79 Å². The van der Waals surface area contributed by atoms with E-state index in [1.165, 1.54) is 0 Å². The molecule has 0 aliphatic carbocycles. The molecule has 0 saturated carbocycles. The first-order valence-electron chi connectivity index (χ1n) is 6.51. The zero-order valence-corrected chi connectivity index (χ0v) is 11.6. The fraction of sp³-hybridized carbons (Fsp3) is 0.769. The maximum absolute atomic E-state index is 11.9. The van der Waals surface area contributed by atoms with Crippen molar-refractivity contribution in [2.45, 2.75) is 27.2 Å². The summed E-state index contributed by atoms with van der Waals surface area (Å²) in [6, 6.07) is 0. The third kappa shape index (κ3) is 3.24. The molecule has 0 atom stereocenters. The van der Waals surface area contributed by atoms with E-state index in [1.54, 1.807) is 4.90 Å². The number of ether oxygens (including phenoxy) is 1. The number of imide groups is 1. The Hall–Kier alpha value is -1.59. The second-order valence-electron chi connectivity index (χ2n) is 6.46. The van der Waals surface area contributed by atoms with E-state index >= 15 is 0 Å². The van der Waals surface area contributed by atoms with Crippen LogP contribution in [0.5, 0.6) is 0 Å². The van der Waals surface area contributed by atoms with Gasteiger partial charge in [0.05, 0.1) is 0 Å². The van der Waals surface area contributed by atoms with E-state index in [-0.39, 0.29) is 29.8 Å². The van der Waals surface area contributed by atoms with Crippen LogP contribution < -0.4 is 0 Å². The molecule has 0 aromatic rings. The Bertz CT molecular complexity index is 391. The predicted octanol–water partition coefficient (Wildman–Crippen LogP) is 0.860. The first kappa shape index (κ1) is 13.8. The third-order valence-electron chi connectivity index (χ3n) is 3.27. The Morgan fingerprint density at radius 1 is 1.32 bits per heavy atom. The van der Waals surface area contributed by atoms with Gasteiger partial charge in [0.25, 0.3) is 5.91 Å². The Morgan fingerprint density at radius 2 is 1.95 bits per heavy atom. The van der Waals surface area contributed by atoms with E-state index in [9.17, 15) is 14.4 Å². The molecule has 0 spiro atoms. The smallest absolute Gasteiger partial charge is 0.417 e. The maximum Gasteiger partial charge on any atom is 0.417 e. The molecule has 3 amide bonds. The highest BCUT2D eigenvalue weighted by molar-refractivity contribution is 5.97. The van der Waals surface area contributed by atoms with Gasteiger partial charge in [-0.3, -0.25) is 9.59 Å². The normalized spacial score (nSPS) is 20.6. The summed E-state index contributed by atoms with van der Waals surface area (Å²) in [6.07, 6.45) is -0.0470. The molecule has 2 saturated heterocycles. The molecule has 2 aliphatic rings. The SMILES string of the molecule is CC(C)(C)CC(=O)N1CC(CN2C(=O)COC2=O)C1. The molecule has 6 nitrogen and oxygen atoms in total. The number of rotatable bonds is 3. The minimum atomic E-state index is -0.565. The van der Waals surface area contributed by atoms with E-state index in [2.05, 4.69) is 4.74 Å². The lowest BCUT2D eigenvalue weighted by molar-refractivity contribution is -0.140. The Morgan fingerprint density at radius 3 is 2.42 bits per heavy atom. The van der Waals surface area contributed by atoms with Crippen molar-refractivity contribution in [3.05, 3.63) is 0 Å². The highest BCUT2D eigenvalue weighted by Crippen LogP contribution is 2.25. The van der Waals surface area contributed by atoms with Crippen molar-refractivity contribution in [2.24, 2.45) is 11.3 Å². The number of cyclic esters (lactones) is 1. The summed E-state index contributed by atoms with van der Waals surface area (Å²) >= 11 is 0. The van der Waals surface area contributed by atoms with Crippen molar-refractivity contribution >= 4 is 17.9 Å². The molecule has 0 radical (unpaired) electrons. The van der Waals surface area contributed by atoms with Gasteiger partial charge in [0.2, 0.25) is 5.91 Å². The van der Waals surface area contributed by atoms with E-state index < -0.39 is 6.09 Å². The van der Waals surface area contributed by atoms with Gasteiger partial charge in [0.1, 0.15) is 0 Å². The Balaban J connectivity index is 1.76. The molecule has 0 aromatic heterocycles. The quantitative estimate of drug-likeness (QED) is 0.761. The van der Waals surface area contributed by atoms with Crippen LogP contribution in [0, 0.1) is 11.3 Å². The molecule has 0 unspecified atom stereocenters. The minimum absolute atomic E-state index is 0.0170. The molecular formula is C13H20N2O4. The molecule has 2 fully saturated rings. The van der Waals surface area contributed by atoms with Crippen LogP contribution in [0.25, 0.3) is 0 Å². The molecule has 0 N–H and O–H groups in total. The third-order valence-corrected chi connectivity index (χ3v) is 3.27. The fourth-order valence-electron chi connectivity index (χ4n) is 2.27. The molecule has 0 bridgehead atoms. The van der Waals surface area contributed by atoms with Crippen LogP contribution in [0.2, 0.25) is 0 Å². The van der Waals surface area contributed by atoms with Crippen molar-refractivity contribution in [1.82, 2.24) is 9.80 Å². The van der Waals surface area contributed by atoms with Crippen molar-refractivity contribution < 1.29 is 19.1 Å². The highest BCUT2D eigenvalue weighted by atomic mass is 16.6. The number of likely N-dealkylation sites (tertiary alicyclic amines) is 1. The zero-order valence-electron chi connectivity index (χ0n) is 11.6. The number of amides is 3. The maximum atomic E-state index is 11.9. The summed E-state index contributed by atoms with van der Waals surface area (Å²) < 4.78 is 4.64. The van der Waals surface area contributed by atoms with Crippen molar-refractivity contribution in [3.63, 3.8) is 0 Å². The van der Waals surface area contributed by atoms with Crippen molar-refractivity contribution in [3.8, 4) is 0 Å². The van der Waals surface area contributed by atoms with E-state index in [1.807, 2.05) is 20.8 Å². The van der Waals surface area contributed by atoms with Crippen LogP contribution in [0.1, 0.15) is 27.2 Å². The van der Waals surface area contributed by atoms with E-state index in [4.69, 9.17) is 0 Å². The number of hydrogen-bond acceptors (Lipinski definition) is 4. The molecule has 6 heteroatoms. The second-order valence-corrected chi connectivity index (χ2v) is 6.46. The summed E-state index contributed by atoms with van der Waals surface area (Å²) in [5.41, 5.74) is -0.0170. The average molecular weight is 268 g/mol. The van der Waals surface area contributed by atoms with Gasteiger partial charge in [-0.05, 0) is 5.41 Å². The van der Waals surface area contributed by atoms with Crippen LogP contribution in [0.15, 0.2) is 0 Å². The molecule has 106 valence electrons. The van der Waals surface area contributed by atoms with Crippen LogP contribution in [-0.2, 0) is 14.3 Å². The number of nitrogens with zero attached hydrogens (tertiary/aromatic N) is 2.